The number of nitrogens with zero attached hydrogens (tertiary/aromatic N) is 1. The Morgan fingerprint density at radius 3 is 2.69 bits per heavy atom. The van der Waals surface area contributed by atoms with E-state index in [4.69, 9.17) is 5.84 Å². The Morgan fingerprint density at radius 2 is 2.15 bits per heavy atom. The van der Waals surface area contributed by atoms with Crippen molar-refractivity contribution in [2.75, 3.05) is 0 Å². The first-order valence-electron chi connectivity index (χ1n) is 3.91. The van der Waals surface area contributed by atoms with Crippen LogP contribution in [0.25, 0.3) is 0 Å². The molecule has 1 aromatic heterocycles. The van der Waals surface area contributed by atoms with Gasteiger partial charge in [-0.25, -0.2) is 10.6 Å². The quantitative estimate of drug-likeness (QED) is 0.348. The third-order valence-corrected chi connectivity index (χ3v) is 1.68. The van der Waals surface area contributed by atoms with E-state index in [1.54, 1.807) is 12.4 Å². The Hall–Kier alpha value is -1.62. The number of pyridine rings is 1. The van der Waals surface area contributed by atoms with Crippen molar-refractivity contribution in [3.05, 3.63) is 30.1 Å². The van der Waals surface area contributed by atoms with Gasteiger partial charge in [-0.3, -0.25) is 10.4 Å². The molecule has 5 nitrogen and oxygen atoms in total. The highest BCUT2D eigenvalue weighted by Crippen LogP contribution is 2.09. The number of nitrogens with two attached hydrogens (primary N) is 1. The summed E-state index contributed by atoms with van der Waals surface area (Å²) in [5.41, 5.74) is 2.98. The van der Waals surface area contributed by atoms with Crippen LogP contribution in [0.15, 0.2) is 24.5 Å². The fourth-order valence-corrected chi connectivity index (χ4v) is 0.974. The van der Waals surface area contributed by atoms with Gasteiger partial charge in [-0.15, -0.1) is 0 Å². The van der Waals surface area contributed by atoms with Gasteiger partial charge < -0.3 is 5.32 Å². The monoisotopic (exact) mass is 180 g/mol. The highest BCUT2D eigenvalue weighted by Gasteiger charge is 2.06. The molecule has 0 bridgehead atoms. The van der Waals surface area contributed by atoms with Crippen molar-refractivity contribution in [1.82, 2.24) is 15.7 Å². The molecule has 0 aromatic carbocycles. The molecule has 1 atom stereocenters. The molecule has 1 aromatic rings. The van der Waals surface area contributed by atoms with Crippen LogP contribution in [0.4, 0.5) is 4.79 Å². The molecule has 1 heterocycles. The lowest BCUT2D eigenvalue weighted by Gasteiger charge is -2.12. The van der Waals surface area contributed by atoms with E-state index in [2.05, 4.69) is 10.3 Å². The molecule has 0 saturated heterocycles. The fraction of sp³-hybridized carbons (Fsp3) is 0.250. The zero-order chi connectivity index (χ0) is 9.68. The zero-order valence-electron chi connectivity index (χ0n) is 7.32. The van der Waals surface area contributed by atoms with Crippen LogP contribution in [0.2, 0.25) is 0 Å². The maximum atomic E-state index is 10.8. The van der Waals surface area contributed by atoms with Gasteiger partial charge in [0.2, 0.25) is 0 Å². The Morgan fingerprint density at radius 1 is 1.54 bits per heavy atom. The number of hydrazine groups is 1. The van der Waals surface area contributed by atoms with Crippen molar-refractivity contribution in [2.24, 2.45) is 5.84 Å². The summed E-state index contributed by atoms with van der Waals surface area (Å²) in [5.74, 6) is 4.92. The van der Waals surface area contributed by atoms with Gasteiger partial charge in [-0.2, -0.15) is 0 Å². The smallest absolute Gasteiger partial charge is 0.329 e. The Kier molecular flexibility index (Phi) is 3.22. The van der Waals surface area contributed by atoms with Crippen LogP contribution in [0.3, 0.4) is 0 Å². The van der Waals surface area contributed by atoms with Crippen LogP contribution >= 0.6 is 0 Å². The number of rotatable bonds is 2. The molecular weight excluding hydrogens is 168 g/mol. The highest BCUT2D eigenvalue weighted by molar-refractivity contribution is 5.73. The molecule has 0 spiro atoms. The number of hydrogen-bond donors (Lipinski definition) is 3. The standard InChI is InChI=1S/C8H12N4O/c1-6(11-8(13)12-9)7-2-4-10-5-3-7/h2-6H,9H2,1H3,(H2,11,12,13). The molecule has 0 aliphatic rings. The van der Waals surface area contributed by atoms with Crippen molar-refractivity contribution in [3.8, 4) is 0 Å². The predicted molar refractivity (Wildman–Crippen MR) is 48.5 cm³/mol. The van der Waals surface area contributed by atoms with E-state index in [-0.39, 0.29) is 6.04 Å². The molecule has 70 valence electrons. The number of carbonyl (C=O) groups is 1. The minimum atomic E-state index is -0.399. The van der Waals surface area contributed by atoms with E-state index in [0.29, 0.717) is 0 Å². The average Bonchev–Trinajstić information content (AvgIpc) is 2.19. The number of urea groups is 1. The second-order valence-corrected chi connectivity index (χ2v) is 2.62. The molecule has 1 rings (SSSR count). The number of nitrogens with one attached hydrogen (secondary N) is 2. The first kappa shape index (κ1) is 9.47. The van der Waals surface area contributed by atoms with Crippen LogP contribution in [-0.2, 0) is 0 Å². The van der Waals surface area contributed by atoms with Crippen molar-refractivity contribution in [1.29, 1.82) is 0 Å². The van der Waals surface area contributed by atoms with E-state index >= 15 is 0 Å². The molecular formula is C8H12N4O. The van der Waals surface area contributed by atoms with E-state index in [9.17, 15) is 4.79 Å². The summed E-state index contributed by atoms with van der Waals surface area (Å²) >= 11 is 0. The molecule has 0 aliphatic heterocycles. The summed E-state index contributed by atoms with van der Waals surface area (Å²) in [7, 11) is 0. The summed E-state index contributed by atoms with van der Waals surface area (Å²) in [6.07, 6.45) is 3.35. The fourth-order valence-electron chi connectivity index (χ4n) is 0.974. The largest absolute Gasteiger partial charge is 0.331 e. The number of carbonyl (C=O) groups excluding carboxylic acids is 1. The van der Waals surface area contributed by atoms with Crippen molar-refractivity contribution >= 4 is 6.03 Å². The van der Waals surface area contributed by atoms with Crippen LogP contribution in [-0.4, -0.2) is 11.0 Å². The molecule has 4 N–H and O–H groups in total. The van der Waals surface area contributed by atoms with Crippen LogP contribution < -0.4 is 16.6 Å². The van der Waals surface area contributed by atoms with Gasteiger partial charge in [-0.1, -0.05) is 0 Å². The summed E-state index contributed by atoms with van der Waals surface area (Å²) in [6, 6.07) is 3.19. The van der Waals surface area contributed by atoms with Gasteiger partial charge in [0.15, 0.2) is 0 Å². The van der Waals surface area contributed by atoms with Crippen LogP contribution in [0.1, 0.15) is 18.5 Å². The Bertz CT molecular complexity index is 275. The normalized spacial score (nSPS) is 11.8. The topological polar surface area (TPSA) is 80.0 Å². The summed E-state index contributed by atoms with van der Waals surface area (Å²) in [5, 5.41) is 2.64. The number of hydrogen-bond acceptors (Lipinski definition) is 3. The van der Waals surface area contributed by atoms with Gasteiger partial charge in [0.05, 0.1) is 6.04 Å². The summed E-state index contributed by atoms with van der Waals surface area (Å²) in [6.45, 7) is 1.87. The maximum Gasteiger partial charge on any atom is 0.329 e. The lowest BCUT2D eigenvalue weighted by Crippen LogP contribution is -2.40. The first-order valence-corrected chi connectivity index (χ1v) is 3.91. The molecule has 0 aliphatic carbocycles. The molecule has 0 fully saturated rings. The van der Waals surface area contributed by atoms with E-state index in [0.717, 1.165) is 5.56 Å². The van der Waals surface area contributed by atoms with Gasteiger partial charge in [0.1, 0.15) is 0 Å². The lowest BCUT2D eigenvalue weighted by molar-refractivity contribution is 0.238. The Labute approximate surface area is 76.3 Å². The maximum absolute atomic E-state index is 10.8. The first-order chi connectivity index (χ1) is 6.24. The molecule has 1 unspecified atom stereocenters. The third kappa shape index (κ3) is 2.72. The van der Waals surface area contributed by atoms with Crippen molar-refractivity contribution in [3.63, 3.8) is 0 Å². The van der Waals surface area contributed by atoms with Gasteiger partial charge in [-0.05, 0) is 24.6 Å². The summed E-state index contributed by atoms with van der Waals surface area (Å²) < 4.78 is 0. The molecule has 0 saturated carbocycles. The zero-order valence-corrected chi connectivity index (χ0v) is 7.32. The van der Waals surface area contributed by atoms with E-state index in [1.807, 2.05) is 24.5 Å². The molecule has 2 amide bonds. The molecule has 0 radical (unpaired) electrons. The second-order valence-electron chi connectivity index (χ2n) is 2.62. The second kappa shape index (κ2) is 4.42. The minimum Gasteiger partial charge on any atom is -0.331 e. The summed E-state index contributed by atoms with van der Waals surface area (Å²) in [4.78, 5) is 14.7. The van der Waals surface area contributed by atoms with Gasteiger partial charge in [0, 0.05) is 12.4 Å². The van der Waals surface area contributed by atoms with E-state index < -0.39 is 6.03 Å². The molecule has 13 heavy (non-hydrogen) atoms. The van der Waals surface area contributed by atoms with Crippen molar-refractivity contribution < 1.29 is 4.79 Å². The SMILES string of the molecule is CC(NC(=O)NN)c1ccncc1. The predicted octanol–water partition coefficient (Wildman–Crippen LogP) is 0.315. The van der Waals surface area contributed by atoms with Crippen molar-refractivity contribution in [2.45, 2.75) is 13.0 Å². The number of aromatic nitrogens is 1. The molecule has 5 heteroatoms. The third-order valence-electron chi connectivity index (χ3n) is 1.68. The number of amides is 2. The minimum absolute atomic E-state index is 0.0773. The highest BCUT2D eigenvalue weighted by atomic mass is 16.2. The van der Waals surface area contributed by atoms with Crippen LogP contribution in [0.5, 0.6) is 0 Å². The van der Waals surface area contributed by atoms with Gasteiger partial charge in [0.25, 0.3) is 0 Å². The van der Waals surface area contributed by atoms with Gasteiger partial charge >= 0.3 is 6.03 Å². The Balaban J connectivity index is 2.59. The lowest BCUT2D eigenvalue weighted by atomic mass is 10.1. The average molecular weight is 180 g/mol. The van der Waals surface area contributed by atoms with Crippen LogP contribution in [0, 0.1) is 0 Å². The van der Waals surface area contributed by atoms with E-state index in [1.165, 1.54) is 0 Å².